The molecule has 2 aromatic heterocycles. The summed E-state index contributed by atoms with van der Waals surface area (Å²) in [5.74, 6) is 0.516. The summed E-state index contributed by atoms with van der Waals surface area (Å²) in [6.07, 6.45) is 0. The molecule has 3 aromatic rings. The van der Waals surface area contributed by atoms with Gasteiger partial charge in [-0.15, -0.1) is 11.3 Å². The van der Waals surface area contributed by atoms with E-state index in [9.17, 15) is 0 Å². The maximum absolute atomic E-state index is 6.34. The molecule has 3 rings (SSSR count). The van der Waals surface area contributed by atoms with Crippen LogP contribution in [0, 0.1) is 0 Å². The molecule has 0 N–H and O–H groups in total. The maximum Gasteiger partial charge on any atom is 0.173 e. The topological polar surface area (TPSA) is 25.8 Å². The van der Waals surface area contributed by atoms with Gasteiger partial charge in [-0.1, -0.05) is 57.3 Å². The molecule has 0 radical (unpaired) electrons. The first kappa shape index (κ1) is 15.4. The van der Waals surface area contributed by atoms with Gasteiger partial charge in [0.1, 0.15) is 10.3 Å². The molecule has 1 aromatic carbocycles. The Balaban J connectivity index is 2.18. The first-order valence-corrected chi connectivity index (χ1v) is 9.01. The van der Waals surface area contributed by atoms with Crippen molar-refractivity contribution in [3.8, 4) is 21.8 Å². The zero-order valence-electron chi connectivity index (χ0n) is 10.3. The van der Waals surface area contributed by atoms with E-state index in [1.54, 1.807) is 0 Å². The average Bonchev–Trinajstić information content (AvgIpc) is 2.86. The molecular weight excluding hydrogens is 459 g/mol. The van der Waals surface area contributed by atoms with E-state index in [0.29, 0.717) is 21.7 Å². The Labute approximate surface area is 152 Å². The third-order valence-corrected chi connectivity index (χ3v) is 5.86. The third kappa shape index (κ3) is 3.03. The quantitative estimate of drug-likeness (QED) is 0.394. The van der Waals surface area contributed by atoms with Crippen LogP contribution in [-0.2, 0) is 0 Å². The van der Waals surface area contributed by atoms with Gasteiger partial charge in [0.15, 0.2) is 5.82 Å². The molecule has 0 unspecified atom stereocenters. The standard InChI is InChI=1S/C14H6Br2Cl2N2S/c15-8-4-2-1-3-7(8)10-12(17)19-14(20-13(10)18)11-9(16)5-6-21-11/h1-6H. The SMILES string of the molecule is Clc1nc(-c2sccc2Br)nc(Cl)c1-c1ccccc1Br. The van der Waals surface area contributed by atoms with Crippen LogP contribution < -0.4 is 0 Å². The van der Waals surface area contributed by atoms with Crippen LogP contribution in [0.1, 0.15) is 0 Å². The molecule has 0 saturated heterocycles. The van der Waals surface area contributed by atoms with Crippen molar-refractivity contribution in [1.82, 2.24) is 9.97 Å². The van der Waals surface area contributed by atoms with E-state index < -0.39 is 0 Å². The van der Waals surface area contributed by atoms with Crippen molar-refractivity contribution in [2.24, 2.45) is 0 Å². The molecule has 0 atom stereocenters. The summed E-state index contributed by atoms with van der Waals surface area (Å²) in [5.41, 5.74) is 1.49. The normalized spacial score (nSPS) is 10.9. The molecule has 0 bridgehead atoms. The minimum atomic E-state index is 0.331. The van der Waals surface area contributed by atoms with Crippen molar-refractivity contribution in [2.75, 3.05) is 0 Å². The van der Waals surface area contributed by atoms with Crippen LogP contribution in [0.2, 0.25) is 10.3 Å². The van der Waals surface area contributed by atoms with Crippen molar-refractivity contribution in [2.45, 2.75) is 0 Å². The van der Waals surface area contributed by atoms with Crippen LogP contribution in [0.5, 0.6) is 0 Å². The molecule has 7 heteroatoms. The molecular formula is C14H6Br2Cl2N2S. The summed E-state index contributed by atoms with van der Waals surface area (Å²) in [7, 11) is 0. The van der Waals surface area contributed by atoms with Crippen LogP contribution in [0.15, 0.2) is 44.7 Å². The second kappa shape index (κ2) is 6.34. The Morgan fingerprint density at radius 3 is 2.14 bits per heavy atom. The highest BCUT2D eigenvalue weighted by Crippen LogP contribution is 2.39. The molecule has 2 heterocycles. The molecule has 0 amide bonds. The van der Waals surface area contributed by atoms with E-state index in [1.807, 2.05) is 35.7 Å². The summed E-state index contributed by atoms with van der Waals surface area (Å²) < 4.78 is 1.82. The fraction of sp³-hybridized carbons (Fsp3) is 0. The second-order valence-corrected chi connectivity index (χ2v) is 7.42. The lowest BCUT2D eigenvalue weighted by Gasteiger charge is -2.09. The Morgan fingerprint density at radius 2 is 1.57 bits per heavy atom. The highest BCUT2D eigenvalue weighted by molar-refractivity contribution is 9.11. The smallest absolute Gasteiger partial charge is 0.173 e. The number of benzene rings is 1. The second-order valence-electron chi connectivity index (χ2n) is 4.08. The van der Waals surface area contributed by atoms with E-state index in [0.717, 1.165) is 19.4 Å². The molecule has 0 fully saturated rings. The largest absolute Gasteiger partial charge is 0.215 e. The van der Waals surface area contributed by atoms with Gasteiger partial charge in [0.25, 0.3) is 0 Å². The summed E-state index contributed by atoms with van der Waals surface area (Å²) in [4.78, 5) is 9.67. The van der Waals surface area contributed by atoms with E-state index in [2.05, 4.69) is 41.8 Å². The van der Waals surface area contributed by atoms with E-state index >= 15 is 0 Å². The van der Waals surface area contributed by atoms with Gasteiger partial charge >= 0.3 is 0 Å². The van der Waals surface area contributed by atoms with Crippen LogP contribution in [0.3, 0.4) is 0 Å². The molecule has 0 aliphatic rings. The first-order chi connectivity index (χ1) is 10.1. The molecule has 0 spiro atoms. The van der Waals surface area contributed by atoms with E-state index in [-0.39, 0.29) is 0 Å². The van der Waals surface area contributed by atoms with Gasteiger partial charge < -0.3 is 0 Å². The maximum atomic E-state index is 6.34. The number of nitrogens with zero attached hydrogens (tertiary/aromatic N) is 2. The van der Waals surface area contributed by atoms with Gasteiger partial charge in [-0.05, 0) is 33.4 Å². The van der Waals surface area contributed by atoms with Gasteiger partial charge in [-0.2, -0.15) is 0 Å². The zero-order chi connectivity index (χ0) is 15.0. The van der Waals surface area contributed by atoms with Crippen LogP contribution in [-0.4, -0.2) is 9.97 Å². The number of thiophene rings is 1. The lowest BCUT2D eigenvalue weighted by atomic mass is 10.1. The fourth-order valence-electron chi connectivity index (χ4n) is 1.85. The van der Waals surface area contributed by atoms with Crippen LogP contribution in [0.4, 0.5) is 0 Å². The summed E-state index contributed by atoms with van der Waals surface area (Å²) in [6, 6.07) is 9.61. The zero-order valence-corrected chi connectivity index (χ0v) is 15.8. The van der Waals surface area contributed by atoms with E-state index in [4.69, 9.17) is 23.2 Å². The van der Waals surface area contributed by atoms with Gasteiger partial charge in [0.05, 0.1) is 10.4 Å². The number of hydrogen-bond donors (Lipinski definition) is 0. The molecule has 0 aliphatic heterocycles. The third-order valence-electron chi connectivity index (χ3n) is 2.78. The number of halogens is 4. The van der Waals surface area contributed by atoms with Crippen molar-refractivity contribution in [3.63, 3.8) is 0 Å². The lowest BCUT2D eigenvalue weighted by Crippen LogP contribution is -1.94. The summed E-state index contributed by atoms with van der Waals surface area (Å²) >= 11 is 21.2. The Bertz CT molecular complexity index is 797. The van der Waals surface area contributed by atoms with Gasteiger partial charge in [-0.25, -0.2) is 9.97 Å². The number of aromatic nitrogens is 2. The Hall–Kier alpha value is -0.460. The van der Waals surface area contributed by atoms with Gasteiger partial charge in [0.2, 0.25) is 0 Å². The highest BCUT2D eigenvalue weighted by Gasteiger charge is 2.18. The lowest BCUT2D eigenvalue weighted by molar-refractivity contribution is 1.18. The molecule has 21 heavy (non-hydrogen) atoms. The minimum Gasteiger partial charge on any atom is -0.215 e. The van der Waals surface area contributed by atoms with Crippen molar-refractivity contribution in [1.29, 1.82) is 0 Å². The Morgan fingerprint density at radius 1 is 0.905 bits per heavy atom. The van der Waals surface area contributed by atoms with Crippen molar-refractivity contribution in [3.05, 3.63) is 55.0 Å². The molecule has 0 saturated carbocycles. The predicted molar refractivity (Wildman–Crippen MR) is 96.2 cm³/mol. The molecule has 0 aliphatic carbocycles. The predicted octanol–water partition coefficient (Wildman–Crippen LogP) is 6.70. The summed E-state index contributed by atoms with van der Waals surface area (Å²) in [6.45, 7) is 0. The first-order valence-electron chi connectivity index (χ1n) is 5.79. The van der Waals surface area contributed by atoms with Crippen LogP contribution in [0.25, 0.3) is 21.8 Å². The molecule has 2 nitrogen and oxygen atoms in total. The van der Waals surface area contributed by atoms with Crippen molar-refractivity contribution < 1.29 is 0 Å². The molecule has 106 valence electrons. The monoisotopic (exact) mass is 462 g/mol. The fourth-order valence-corrected chi connectivity index (χ4v) is 4.41. The van der Waals surface area contributed by atoms with Gasteiger partial charge in [-0.3, -0.25) is 0 Å². The van der Waals surface area contributed by atoms with E-state index in [1.165, 1.54) is 11.3 Å². The number of rotatable bonds is 2. The average molecular weight is 465 g/mol. The van der Waals surface area contributed by atoms with Crippen molar-refractivity contribution >= 4 is 66.4 Å². The minimum absolute atomic E-state index is 0.331. The number of hydrogen-bond acceptors (Lipinski definition) is 3. The van der Waals surface area contributed by atoms with Gasteiger partial charge in [0, 0.05) is 14.5 Å². The highest BCUT2D eigenvalue weighted by atomic mass is 79.9. The summed E-state index contributed by atoms with van der Waals surface area (Å²) in [5, 5.41) is 2.61. The Kier molecular flexibility index (Phi) is 4.66. The van der Waals surface area contributed by atoms with Crippen LogP contribution >= 0.6 is 66.4 Å².